The van der Waals surface area contributed by atoms with Crippen LogP contribution >= 0.6 is 0 Å². The standard InChI is InChI=1S/C23H22N4O3/c1-13(2)21(17-12-20(28)26-22(25-17)16-6-4-5-9-24-16)27-23(29)19-11-15-10-14(3)7-8-18(15)30-19/h4-13,21H,1-3H3,(H,27,29)(H,25,26,28). The van der Waals surface area contributed by atoms with E-state index in [2.05, 4.69) is 20.3 Å². The molecule has 0 aliphatic rings. The molecule has 0 spiro atoms. The molecule has 4 rings (SSSR count). The van der Waals surface area contributed by atoms with E-state index in [0.29, 0.717) is 22.8 Å². The number of rotatable bonds is 5. The summed E-state index contributed by atoms with van der Waals surface area (Å²) in [6.45, 7) is 5.89. The Morgan fingerprint density at radius 1 is 1.13 bits per heavy atom. The number of nitrogens with one attached hydrogen (secondary N) is 2. The van der Waals surface area contributed by atoms with Gasteiger partial charge in [-0.05, 0) is 43.2 Å². The van der Waals surface area contributed by atoms with E-state index in [-0.39, 0.29) is 23.1 Å². The first-order valence-corrected chi connectivity index (χ1v) is 9.74. The maximum atomic E-state index is 12.9. The van der Waals surface area contributed by atoms with E-state index in [1.54, 1.807) is 24.4 Å². The quantitative estimate of drug-likeness (QED) is 0.525. The van der Waals surface area contributed by atoms with Gasteiger partial charge in [0, 0.05) is 17.6 Å². The summed E-state index contributed by atoms with van der Waals surface area (Å²) in [5.41, 5.74) is 2.45. The van der Waals surface area contributed by atoms with Crippen molar-refractivity contribution in [2.45, 2.75) is 26.8 Å². The first-order valence-electron chi connectivity index (χ1n) is 9.74. The number of aromatic amines is 1. The van der Waals surface area contributed by atoms with E-state index in [9.17, 15) is 9.59 Å². The second-order valence-corrected chi connectivity index (χ2v) is 7.58. The second-order valence-electron chi connectivity index (χ2n) is 7.58. The Hall–Kier alpha value is -3.74. The number of carbonyl (C=O) groups is 1. The minimum atomic E-state index is -0.475. The maximum absolute atomic E-state index is 12.9. The van der Waals surface area contributed by atoms with Crippen molar-refractivity contribution in [3.8, 4) is 11.5 Å². The number of hydrogen-bond donors (Lipinski definition) is 2. The molecule has 0 aliphatic carbocycles. The molecule has 1 unspecified atom stereocenters. The minimum absolute atomic E-state index is 0.00791. The van der Waals surface area contributed by atoms with Crippen molar-refractivity contribution < 1.29 is 9.21 Å². The molecular formula is C23H22N4O3. The van der Waals surface area contributed by atoms with Gasteiger partial charge >= 0.3 is 0 Å². The number of nitrogens with zero attached hydrogens (tertiary/aromatic N) is 2. The molecular weight excluding hydrogens is 380 g/mol. The number of carbonyl (C=O) groups excluding carboxylic acids is 1. The molecule has 0 saturated carbocycles. The van der Waals surface area contributed by atoms with Gasteiger partial charge in [-0.25, -0.2) is 4.98 Å². The van der Waals surface area contributed by atoms with Gasteiger partial charge in [0.2, 0.25) is 0 Å². The summed E-state index contributed by atoms with van der Waals surface area (Å²) in [5.74, 6) is 0.212. The molecule has 30 heavy (non-hydrogen) atoms. The Bertz CT molecular complexity index is 1260. The van der Waals surface area contributed by atoms with Gasteiger partial charge in [-0.3, -0.25) is 14.6 Å². The van der Waals surface area contributed by atoms with Crippen LogP contribution in [0.5, 0.6) is 0 Å². The fourth-order valence-corrected chi connectivity index (χ4v) is 3.33. The molecule has 3 aromatic heterocycles. The fraction of sp³-hybridized carbons (Fsp3) is 0.217. The number of aromatic nitrogens is 3. The number of hydrogen-bond acceptors (Lipinski definition) is 5. The molecule has 0 saturated heterocycles. The lowest BCUT2D eigenvalue weighted by atomic mass is 10.0. The monoisotopic (exact) mass is 402 g/mol. The van der Waals surface area contributed by atoms with Crippen LogP contribution in [0.1, 0.15) is 41.7 Å². The summed E-state index contributed by atoms with van der Waals surface area (Å²) in [4.78, 5) is 36.7. The number of amides is 1. The van der Waals surface area contributed by atoms with Crippen molar-refractivity contribution in [2.75, 3.05) is 0 Å². The largest absolute Gasteiger partial charge is 0.451 e. The molecule has 1 atom stereocenters. The Kier molecular flexibility index (Phi) is 5.18. The molecule has 0 radical (unpaired) electrons. The number of aryl methyl sites for hydroxylation is 1. The smallest absolute Gasteiger partial charge is 0.287 e. The van der Waals surface area contributed by atoms with Gasteiger partial charge in [0.15, 0.2) is 11.6 Å². The molecule has 1 aromatic carbocycles. The van der Waals surface area contributed by atoms with Gasteiger partial charge in [-0.15, -0.1) is 0 Å². The highest BCUT2D eigenvalue weighted by Crippen LogP contribution is 2.24. The SMILES string of the molecule is Cc1ccc2oc(C(=O)NC(c3cc(=O)[nH]c(-c4ccccn4)n3)C(C)C)cc2c1. The first kappa shape index (κ1) is 19.6. The lowest BCUT2D eigenvalue weighted by molar-refractivity contribution is 0.0898. The topological polar surface area (TPSA) is 101 Å². The van der Waals surface area contributed by atoms with Crippen molar-refractivity contribution >= 4 is 16.9 Å². The fourth-order valence-electron chi connectivity index (χ4n) is 3.33. The predicted molar refractivity (Wildman–Crippen MR) is 114 cm³/mol. The summed E-state index contributed by atoms with van der Waals surface area (Å²) in [6.07, 6.45) is 1.63. The highest BCUT2D eigenvalue weighted by Gasteiger charge is 2.24. The normalized spacial score (nSPS) is 12.3. The molecule has 3 heterocycles. The Balaban J connectivity index is 1.66. The van der Waals surface area contributed by atoms with E-state index in [4.69, 9.17) is 4.42 Å². The van der Waals surface area contributed by atoms with E-state index in [1.165, 1.54) is 6.07 Å². The van der Waals surface area contributed by atoms with Crippen LogP contribution in [0.15, 0.2) is 63.9 Å². The zero-order valence-electron chi connectivity index (χ0n) is 17.0. The third-order valence-electron chi connectivity index (χ3n) is 4.84. The summed E-state index contributed by atoms with van der Waals surface area (Å²) in [7, 11) is 0. The zero-order valence-corrected chi connectivity index (χ0v) is 17.0. The zero-order chi connectivity index (χ0) is 21.3. The van der Waals surface area contributed by atoms with Crippen LogP contribution in [0.2, 0.25) is 0 Å². The number of H-pyrrole nitrogens is 1. The van der Waals surface area contributed by atoms with Crippen LogP contribution in [-0.4, -0.2) is 20.9 Å². The van der Waals surface area contributed by atoms with E-state index in [0.717, 1.165) is 10.9 Å². The average Bonchev–Trinajstić information content (AvgIpc) is 3.15. The molecule has 7 nitrogen and oxygen atoms in total. The van der Waals surface area contributed by atoms with Gasteiger partial charge in [0.25, 0.3) is 11.5 Å². The van der Waals surface area contributed by atoms with Crippen LogP contribution in [-0.2, 0) is 0 Å². The van der Waals surface area contributed by atoms with Gasteiger partial charge in [-0.2, -0.15) is 0 Å². The Labute approximate surface area is 173 Å². The molecule has 152 valence electrons. The summed E-state index contributed by atoms with van der Waals surface area (Å²) >= 11 is 0. The van der Waals surface area contributed by atoms with E-state index >= 15 is 0 Å². The Morgan fingerprint density at radius 2 is 1.97 bits per heavy atom. The molecule has 1 amide bonds. The second kappa shape index (κ2) is 7.94. The molecule has 0 bridgehead atoms. The van der Waals surface area contributed by atoms with Crippen LogP contribution in [0, 0.1) is 12.8 Å². The van der Waals surface area contributed by atoms with E-state index in [1.807, 2.05) is 45.0 Å². The summed E-state index contributed by atoms with van der Waals surface area (Å²) in [6, 6.07) is 13.8. The van der Waals surface area contributed by atoms with E-state index < -0.39 is 6.04 Å². The maximum Gasteiger partial charge on any atom is 0.287 e. The van der Waals surface area contributed by atoms with Crippen LogP contribution < -0.4 is 10.9 Å². The third-order valence-corrected chi connectivity index (χ3v) is 4.84. The van der Waals surface area contributed by atoms with Crippen molar-refractivity contribution in [1.29, 1.82) is 0 Å². The number of fused-ring (bicyclic) bond motifs is 1. The first-order chi connectivity index (χ1) is 14.4. The molecule has 0 aliphatic heterocycles. The lowest BCUT2D eigenvalue weighted by Crippen LogP contribution is -2.33. The molecule has 7 heteroatoms. The summed E-state index contributed by atoms with van der Waals surface area (Å²) < 4.78 is 5.71. The average molecular weight is 402 g/mol. The molecule has 4 aromatic rings. The minimum Gasteiger partial charge on any atom is -0.451 e. The lowest BCUT2D eigenvalue weighted by Gasteiger charge is -2.21. The highest BCUT2D eigenvalue weighted by molar-refractivity contribution is 5.96. The summed E-state index contributed by atoms with van der Waals surface area (Å²) in [5, 5.41) is 3.83. The van der Waals surface area contributed by atoms with Crippen molar-refractivity contribution in [1.82, 2.24) is 20.3 Å². The third kappa shape index (κ3) is 4.00. The van der Waals surface area contributed by atoms with Crippen molar-refractivity contribution in [3.05, 3.63) is 82.1 Å². The van der Waals surface area contributed by atoms with Crippen molar-refractivity contribution in [3.63, 3.8) is 0 Å². The molecule has 0 fully saturated rings. The van der Waals surface area contributed by atoms with Gasteiger partial charge in [0.05, 0.1) is 11.7 Å². The molecule has 2 N–H and O–H groups in total. The van der Waals surface area contributed by atoms with Crippen LogP contribution in [0.25, 0.3) is 22.5 Å². The number of pyridine rings is 1. The van der Waals surface area contributed by atoms with Crippen LogP contribution in [0.4, 0.5) is 0 Å². The van der Waals surface area contributed by atoms with Crippen molar-refractivity contribution in [2.24, 2.45) is 5.92 Å². The predicted octanol–water partition coefficient (Wildman–Crippen LogP) is 4.01. The number of benzene rings is 1. The Morgan fingerprint density at radius 3 is 2.70 bits per heavy atom. The number of furan rings is 1. The van der Waals surface area contributed by atoms with Gasteiger partial charge in [-0.1, -0.05) is 31.5 Å². The highest BCUT2D eigenvalue weighted by atomic mass is 16.3. The van der Waals surface area contributed by atoms with Gasteiger partial charge in [0.1, 0.15) is 11.3 Å². The van der Waals surface area contributed by atoms with Gasteiger partial charge < -0.3 is 14.7 Å². The van der Waals surface area contributed by atoms with Crippen LogP contribution in [0.3, 0.4) is 0 Å².